The summed E-state index contributed by atoms with van der Waals surface area (Å²) in [7, 11) is 0. The molecule has 1 aromatic rings. The second-order valence-corrected chi connectivity index (χ2v) is 5.91. The van der Waals surface area contributed by atoms with Gasteiger partial charge in [0.25, 0.3) is 0 Å². The Morgan fingerprint density at radius 2 is 2.05 bits per heavy atom. The Labute approximate surface area is 119 Å². The van der Waals surface area contributed by atoms with Gasteiger partial charge in [-0.3, -0.25) is 0 Å². The summed E-state index contributed by atoms with van der Waals surface area (Å²) in [5, 5.41) is 3.39. The summed E-state index contributed by atoms with van der Waals surface area (Å²) < 4.78 is 25.4. The SMILES string of the molecule is Cc1cccc(F)c1NC1CCOC2(CCOCC2)C1. The normalized spacial score (nSPS) is 25.6. The molecular formula is C16H22FNO2. The van der Waals surface area contributed by atoms with E-state index >= 15 is 0 Å². The van der Waals surface area contributed by atoms with Crippen LogP contribution in [0.25, 0.3) is 0 Å². The summed E-state index contributed by atoms with van der Waals surface area (Å²) in [4.78, 5) is 0. The van der Waals surface area contributed by atoms with Gasteiger partial charge in [-0.1, -0.05) is 12.1 Å². The van der Waals surface area contributed by atoms with Crippen LogP contribution in [0.1, 0.15) is 31.2 Å². The first-order valence-corrected chi connectivity index (χ1v) is 7.42. The summed E-state index contributed by atoms with van der Waals surface area (Å²) in [6.45, 7) is 4.22. The molecule has 1 spiro atoms. The van der Waals surface area contributed by atoms with E-state index in [0.717, 1.165) is 51.1 Å². The highest BCUT2D eigenvalue weighted by molar-refractivity contribution is 5.52. The molecule has 1 atom stereocenters. The monoisotopic (exact) mass is 279 g/mol. The maximum atomic E-state index is 13.9. The van der Waals surface area contributed by atoms with Crippen molar-refractivity contribution in [2.75, 3.05) is 25.1 Å². The fraction of sp³-hybridized carbons (Fsp3) is 0.625. The fourth-order valence-corrected chi connectivity index (χ4v) is 3.26. The lowest BCUT2D eigenvalue weighted by Crippen LogP contribution is -2.48. The summed E-state index contributed by atoms with van der Waals surface area (Å²) in [6, 6.07) is 5.48. The Hall–Kier alpha value is -1.13. The third-order valence-electron chi connectivity index (χ3n) is 4.47. The minimum absolute atomic E-state index is 0.0622. The van der Waals surface area contributed by atoms with Crippen LogP contribution in [0.3, 0.4) is 0 Å². The maximum absolute atomic E-state index is 13.9. The van der Waals surface area contributed by atoms with Crippen LogP contribution in [0.5, 0.6) is 0 Å². The minimum atomic E-state index is -0.169. The number of benzene rings is 1. The zero-order chi connectivity index (χ0) is 14.0. The lowest BCUT2D eigenvalue weighted by Gasteiger charge is -2.43. The van der Waals surface area contributed by atoms with Crippen LogP contribution >= 0.6 is 0 Å². The molecule has 2 fully saturated rings. The number of rotatable bonds is 2. The molecule has 1 aromatic carbocycles. The minimum Gasteiger partial charge on any atom is -0.381 e. The second kappa shape index (κ2) is 5.70. The van der Waals surface area contributed by atoms with Crippen LogP contribution < -0.4 is 5.32 Å². The second-order valence-electron chi connectivity index (χ2n) is 5.91. The van der Waals surface area contributed by atoms with E-state index in [-0.39, 0.29) is 17.5 Å². The van der Waals surface area contributed by atoms with Crippen molar-refractivity contribution >= 4 is 5.69 Å². The molecule has 0 saturated carbocycles. The zero-order valence-electron chi connectivity index (χ0n) is 12.0. The van der Waals surface area contributed by atoms with Gasteiger partial charge in [0.05, 0.1) is 11.3 Å². The van der Waals surface area contributed by atoms with Crippen LogP contribution in [0, 0.1) is 12.7 Å². The van der Waals surface area contributed by atoms with Crippen molar-refractivity contribution in [2.45, 2.75) is 44.2 Å². The van der Waals surface area contributed by atoms with Crippen molar-refractivity contribution in [3.8, 4) is 0 Å². The van der Waals surface area contributed by atoms with E-state index in [1.807, 2.05) is 13.0 Å². The highest BCUT2D eigenvalue weighted by Gasteiger charge is 2.39. The van der Waals surface area contributed by atoms with Gasteiger partial charge < -0.3 is 14.8 Å². The molecule has 2 aliphatic rings. The average Bonchev–Trinajstić information content (AvgIpc) is 2.44. The number of hydrogen-bond donors (Lipinski definition) is 1. The Balaban J connectivity index is 1.71. The largest absolute Gasteiger partial charge is 0.381 e. The highest BCUT2D eigenvalue weighted by Crippen LogP contribution is 2.35. The third kappa shape index (κ3) is 2.81. The van der Waals surface area contributed by atoms with Crippen molar-refractivity contribution in [1.29, 1.82) is 0 Å². The van der Waals surface area contributed by atoms with Crippen molar-refractivity contribution < 1.29 is 13.9 Å². The third-order valence-corrected chi connectivity index (χ3v) is 4.47. The molecule has 0 aliphatic carbocycles. The number of ether oxygens (including phenoxy) is 2. The van der Waals surface area contributed by atoms with Gasteiger partial charge >= 0.3 is 0 Å². The van der Waals surface area contributed by atoms with Gasteiger partial charge in [-0.2, -0.15) is 0 Å². The van der Waals surface area contributed by atoms with Crippen molar-refractivity contribution in [1.82, 2.24) is 0 Å². The number of anilines is 1. The zero-order valence-corrected chi connectivity index (χ0v) is 12.0. The molecular weight excluding hydrogens is 257 g/mol. The molecule has 3 nitrogen and oxygen atoms in total. The van der Waals surface area contributed by atoms with E-state index in [1.54, 1.807) is 6.07 Å². The van der Waals surface area contributed by atoms with Gasteiger partial charge in [-0.05, 0) is 44.2 Å². The molecule has 0 radical (unpaired) electrons. The van der Waals surface area contributed by atoms with Crippen molar-refractivity contribution in [3.63, 3.8) is 0 Å². The predicted octanol–water partition coefficient (Wildman–Crippen LogP) is 3.27. The molecule has 0 amide bonds. The number of halogens is 1. The summed E-state index contributed by atoms with van der Waals surface area (Å²) in [5.41, 5.74) is 1.53. The Morgan fingerprint density at radius 3 is 2.80 bits per heavy atom. The Morgan fingerprint density at radius 1 is 1.25 bits per heavy atom. The number of aryl methyl sites for hydroxylation is 1. The van der Waals surface area contributed by atoms with Crippen LogP contribution in [0.15, 0.2) is 18.2 Å². The lowest BCUT2D eigenvalue weighted by atomic mass is 9.84. The first kappa shape index (κ1) is 13.8. The topological polar surface area (TPSA) is 30.5 Å². The average molecular weight is 279 g/mol. The van der Waals surface area contributed by atoms with Gasteiger partial charge in [-0.25, -0.2) is 4.39 Å². The molecule has 1 unspecified atom stereocenters. The Bertz CT molecular complexity index is 446. The van der Waals surface area contributed by atoms with E-state index in [0.29, 0.717) is 5.69 Å². The van der Waals surface area contributed by atoms with Gasteiger partial charge in [0.15, 0.2) is 0 Å². The van der Waals surface area contributed by atoms with E-state index in [1.165, 1.54) is 6.07 Å². The van der Waals surface area contributed by atoms with Crippen LogP contribution in [0.4, 0.5) is 10.1 Å². The van der Waals surface area contributed by atoms with Gasteiger partial charge in [0, 0.05) is 25.9 Å². The molecule has 2 aliphatic heterocycles. The van der Waals surface area contributed by atoms with Crippen molar-refractivity contribution in [3.05, 3.63) is 29.6 Å². The fourth-order valence-electron chi connectivity index (χ4n) is 3.26. The standard InChI is InChI=1S/C16H22FNO2/c1-12-3-2-4-14(17)15(12)18-13-5-8-20-16(11-13)6-9-19-10-7-16/h2-4,13,18H,5-11H2,1H3. The number of para-hydroxylation sites is 1. The van der Waals surface area contributed by atoms with E-state index in [4.69, 9.17) is 9.47 Å². The van der Waals surface area contributed by atoms with Gasteiger partial charge in [0.2, 0.25) is 0 Å². The van der Waals surface area contributed by atoms with Gasteiger partial charge in [-0.15, -0.1) is 0 Å². The highest BCUT2D eigenvalue weighted by atomic mass is 19.1. The first-order valence-electron chi connectivity index (χ1n) is 7.42. The van der Waals surface area contributed by atoms with Crippen LogP contribution in [0.2, 0.25) is 0 Å². The molecule has 3 rings (SSSR count). The molecule has 1 N–H and O–H groups in total. The first-order chi connectivity index (χ1) is 9.69. The summed E-state index contributed by atoms with van der Waals surface area (Å²) in [5.74, 6) is -0.169. The molecule has 110 valence electrons. The quantitative estimate of drug-likeness (QED) is 0.901. The molecule has 0 aromatic heterocycles. The van der Waals surface area contributed by atoms with E-state index < -0.39 is 0 Å². The lowest BCUT2D eigenvalue weighted by molar-refractivity contribution is -0.135. The molecule has 0 bridgehead atoms. The van der Waals surface area contributed by atoms with Gasteiger partial charge in [0.1, 0.15) is 5.82 Å². The Kier molecular flexibility index (Phi) is 3.94. The summed E-state index contributed by atoms with van der Waals surface area (Å²) >= 11 is 0. The van der Waals surface area contributed by atoms with Crippen LogP contribution in [-0.2, 0) is 9.47 Å². The van der Waals surface area contributed by atoms with Crippen molar-refractivity contribution in [2.24, 2.45) is 0 Å². The molecule has 2 saturated heterocycles. The maximum Gasteiger partial charge on any atom is 0.146 e. The molecule has 2 heterocycles. The molecule has 4 heteroatoms. The predicted molar refractivity (Wildman–Crippen MR) is 76.5 cm³/mol. The summed E-state index contributed by atoms with van der Waals surface area (Å²) in [6.07, 6.45) is 3.75. The van der Waals surface area contributed by atoms with E-state index in [2.05, 4.69) is 5.32 Å². The number of hydrogen-bond acceptors (Lipinski definition) is 3. The molecule has 20 heavy (non-hydrogen) atoms. The number of nitrogens with one attached hydrogen (secondary N) is 1. The van der Waals surface area contributed by atoms with E-state index in [9.17, 15) is 4.39 Å². The van der Waals surface area contributed by atoms with Crippen LogP contribution in [-0.4, -0.2) is 31.5 Å². The smallest absolute Gasteiger partial charge is 0.146 e.